The summed E-state index contributed by atoms with van der Waals surface area (Å²) in [6.45, 7) is 5.80. The van der Waals surface area contributed by atoms with E-state index in [-0.39, 0.29) is 18.2 Å². The third-order valence-electron chi connectivity index (χ3n) is 4.62. The topological polar surface area (TPSA) is 63.1 Å². The summed E-state index contributed by atoms with van der Waals surface area (Å²) < 4.78 is 2.02. The summed E-state index contributed by atoms with van der Waals surface area (Å²) in [5.74, 6) is -0.585. The number of aryl methyl sites for hydroxylation is 2. The van der Waals surface area contributed by atoms with Crippen LogP contribution in [0.15, 0.2) is 60.7 Å². The van der Waals surface area contributed by atoms with E-state index in [4.69, 9.17) is 0 Å². The Balaban J connectivity index is 1.68. The van der Waals surface area contributed by atoms with E-state index >= 15 is 0 Å². The van der Waals surface area contributed by atoms with Crippen LogP contribution in [-0.2, 0) is 11.2 Å². The summed E-state index contributed by atoms with van der Waals surface area (Å²) in [6, 6.07) is 19.4. The van der Waals surface area contributed by atoms with Gasteiger partial charge in [0, 0.05) is 17.1 Å². The number of para-hydroxylation sites is 1. The first-order valence-electron chi connectivity index (χ1n) is 8.85. The average Bonchev–Trinajstić information content (AvgIpc) is 2.96. The molecular weight excluding hydrogens is 338 g/mol. The van der Waals surface area contributed by atoms with Crippen molar-refractivity contribution in [3.8, 4) is 5.69 Å². The van der Waals surface area contributed by atoms with Crippen LogP contribution in [0.3, 0.4) is 0 Å². The average molecular weight is 361 g/mol. The molecule has 2 amide bonds. The summed E-state index contributed by atoms with van der Waals surface area (Å²) in [5.41, 5.74) is 10.3. The molecule has 27 heavy (non-hydrogen) atoms. The molecule has 0 atom stereocenters. The van der Waals surface area contributed by atoms with Gasteiger partial charge in [0.2, 0.25) is 5.91 Å². The highest BCUT2D eigenvalue weighted by atomic mass is 16.2. The van der Waals surface area contributed by atoms with Gasteiger partial charge in [-0.2, -0.15) is 0 Å². The van der Waals surface area contributed by atoms with Crippen molar-refractivity contribution in [1.29, 1.82) is 0 Å². The van der Waals surface area contributed by atoms with Gasteiger partial charge in [-0.3, -0.25) is 20.4 Å². The van der Waals surface area contributed by atoms with Gasteiger partial charge in [-0.15, -0.1) is 0 Å². The lowest BCUT2D eigenvalue weighted by Gasteiger charge is -2.11. The SMILES string of the molecule is Cc1ccccc1CC(=O)NNC(=O)c1cc(C)n(-c2ccccc2)c1C. The van der Waals surface area contributed by atoms with Crippen molar-refractivity contribution in [2.75, 3.05) is 0 Å². The van der Waals surface area contributed by atoms with Crippen molar-refractivity contribution < 1.29 is 9.59 Å². The lowest BCUT2D eigenvalue weighted by molar-refractivity contribution is -0.121. The minimum Gasteiger partial charge on any atom is -0.318 e. The van der Waals surface area contributed by atoms with Gasteiger partial charge in [0.15, 0.2) is 0 Å². The molecule has 2 N–H and O–H groups in total. The first-order valence-corrected chi connectivity index (χ1v) is 8.85. The van der Waals surface area contributed by atoms with Crippen LogP contribution in [0.1, 0.15) is 32.9 Å². The zero-order valence-electron chi connectivity index (χ0n) is 15.7. The second kappa shape index (κ2) is 7.91. The Morgan fingerprint density at radius 1 is 0.889 bits per heavy atom. The van der Waals surface area contributed by atoms with Gasteiger partial charge >= 0.3 is 0 Å². The van der Waals surface area contributed by atoms with Crippen molar-refractivity contribution in [3.63, 3.8) is 0 Å². The molecule has 3 aromatic rings. The highest BCUT2D eigenvalue weighted by Crippen LogP contribution is 2.20. The number of carbonyl (C=O) groups is 2. The summed E-state index contributed by atoms with van der Waals surface area (Å²) >= 11 is 0. The standard InChI is InChI=1S/C22H23N3O2/c1-15-9-7-8-10-18(15)14-21(26)23-24-22(27)20-13-16(2)25(17(20)3)19-11-5-4-6-12-19/h4-13H,14H2,1-3H3,(H,23,26)(H,24,27). The molecule has 0 aliphatic rings. The number of hydrazine groups is 1. The monoisotopic (exact) mass is 361 g/mol. The van der Waals surface area contributed by atoms with E-state index in [9.17, 15) is 9.59 Å². The van der Waals surface area contributed by atoms with Crippen LogP contribution in [0.5, 0.6) is 0 Å². The molecule has 0 spiro atoms. The molecule has 0 radical (unpaired) electrons. The van der Waals surface area contributed by atoms with Gasteiger partial charge in [-0.25, -0.2) is 0 Å². The maximum atomic E-state index is 12.5. The number of carbonyl (C=O) groups excluding carboxylic acids is 2. The molecule has 3 rings (SSSR count). The van der Waals surface area contributed by atoms with E-state index in [0.717, 1.165) is 28.2 Å². The molecule has 1 aromatic heterocycles. The number of nitrogens with one attached hydrogen (secondary N) is 2. The Morgan fingerprint density at radius 2 is 1.56 bits per heavy atom. The lowest BCUT2D eigenvalue weighted by Crippen LogP contribution is -2.42. The number of rotatable bonds is 4. The molecule has 0 fully saturated rings. The van der Waals surface area contributed by atoms with E-state index in [0.29, 0.717) is 5.56 Å². The largest absolute Gasteiger partial charge is 0.318 e. The number of amides is 2. The summed E-state index contributed by atoms with van der Waals surface area (Å²) in [7, 11) is 0. The second-order valence-corrected chi connectivity index (χ2v) is 6.56. The zero-order chi connectivity index (χ0) is 19.4. The van der Waals surface area contributed by atoms with Crippen LogP contribution < -0.4 is 10.9 Å². The Kier molecular flexibility index (Phi) is 5.41. The van der Waals surface area contributed by atoms with Crippen molar-refractivity contribution in [2.45, 2.75) is 27.2 Å². The zero-order valence-corrected chi connectivity index (χ0v) is 15.7. The summed E-state index contributed by atoms with van der Waals surface area (Å²) in [6.07, 6.45) is 0.218. The molecule has 0 aliphatic carbocycles. The number of nitrogens with zero attached hydrogens (tertiary/aromatic N) is 1. The van der Waals surface area contributed by atoms with Gasteiger partial charge in [0.25, 0.3) is 5.91 Å². The molecule has 138 valence electrons. The van der Waals surface area contributed by atoms with E-state index in [1.807, 2.05) is 86.0 Å². The van der Waals surface area contributed by atoms with Crippen molar-refractivity contribution in [1.82, 2.24) is 15.4 Å². The van der Waals surface area contributed by atoms with Gasteiger partial charge in [-0.1, -0.05) is 42.5 Å². The summed E-state index contributed by atoms with van der Waals surface area (Å²) in [5, 5.41) is 0. The molecule has 0 bridgehead atoms. The third kappa shape index (κ3) is 4.08. The maximum Gasteiger partial charge on any atom is 0.271 e. The van der Waals surface area contributed by atoms with Crippen LogP contribution in [-0.4, -0.2) is 16.4 Å². The van der Waals surface area contributed by atoms with E-state index in [1.165, 1.54) is 0 Å². The van der Waals surface area contributed by atoms with Crippen LogP contribution in [0.25, 0.3) is 5.69 Å². The van der Waals surface area contributed by atoms with Gasteiger partial charge in [0.1, 0.15) is 0 Å². The van der Waals surface area contributed by atoms with Crippen LogP contribution >= 0.6 is 0 Å². The highest BCUT2D eigenvalue weighted by molar-refractivity contribution is 5.97. The molecule has 1 heterocycles. The fraction of sp³-hybridized carbons (Fsp3) is 0.182. The second-order valence-electron chi connectivity index (χ2n) is 6.56. The van der Waals surface area contributed by atoms with Crippen LogP contribution in [0.4, 0.5) is 0 Å². The van der Waals surface area contributed by atoms with Crippen LogP contribution in [0.2, 0.25) is 0 Å². The highest BCUT2D eigenvalue weighted by Gasteiger charge is 2.17. The molecule has 2 aromatic carbocycles. The Bertz CT molecular complexity index is 974. The Hall–Kier alpha value is -3.34. The minimum atomic E-state index is -0.330. The van der Waals surface area contributed by atoms with Crippen molar-refractivity contribution in [3.05, 3.63) is 88.7 Å². The normalized spacial score (nSPS) is 10.5. The predicted octanol–water partition coefficient (Wildman–Crippen LogP) is 3.41. The smallest absolute Gasteiger partial charge is 0.271 e. The van der Waals surface area contributed by atoms with Gasteiger partial charge < -0.3 is 4.57 Å². The van der Waals surface area contributed by atoms with Crippen molar-refractivity contribution >= 4 is 11.8 Å². The molecule has 5 nitrogen and oxygen atoms in total. The van der Waals surface area contributed by atoms with Crippen LogP contribution in [0, 0.1) is 20.8 Å². The Labute approximate surface area is 159 Å². The number of hydrogen-bond acceptors (Lipinski definition) is 2. The van der Waals surface area contributed by atoms with Gasteiger partial charge in [-0.05, 0) is 50.1 Å². The first kappa shape index (κ1) is 18.5. The van der Waals surface area contributed by atoms with Crippen molar-refractivity contribution in [2.24, 2.45) is 0 Å². The third-order valence-corrected chi connectivity index (χ3v) is 4.62. The predicted molar refractivity (Wildman–Crippen MR) is 106 cm³/mol. The number of benzene rings is 2. The first-order chi connectivity index (χ1) is 13.0. The quantitative estimate of drug-likeness (QED) is 0.700. The molecule has 0 unspecified atom stereocenters. The Morgan fingerprint density at radius 3 is 2.26 bits per heavy atom. The molecule has 5 heteroatoms. The van der Waals surface area contributed by atoms with E-state index < -0.39 is 0 Å². The fourth-order valence-corrected chi connectivity index (χ4v) is 3.19. The summed E-state index contributed by atoms with van der Waals surface area (Å²) in [4.78, 5) is 24.7. The fourth-order valence-electron chi connectivity index (χ4n) is 3.19. The lowest BCUT2D eigenvalue weighted by atomic mass is 10.1. The van der Waals surface area contributed by atoms with Gasteiger partial charge in [0.05, 0.1) is 12.0 Å². The number of hydrogen-bond donors (Lipinski definition) is 2. The molecule has 0 aliphatic heterocycles. The van der Waals surface area contributed by atoms with E-state index in [2.05, 4.69) is 10.9 Å². The maximum absolute atomic E-state index is 12.5. The number of aromatic nitrogens is 1. The molecule has 0 saturated carbocycles. The molecular formula is C22H23N3O2. The minimum absolute atomic E-state index is 0.218. The molecule has 0 saturated heterocycles. The van der Waals surface area contributed by atoms with E-state index in [1.54, 1.807) is 0 Å².